The zero-order valence-electron chi connectivity index (χ0n) is 19.5. The number of esters is 1. The number of Topliss-reactive ketones (excluding diaryl/α,β-unsaturated/α-hetero) is 1. The maximum absolute atomic E-state index is 11.9. The Morgan fingerprint density at radius 2 is 1.66 bits per heavy atom. The zero-order chi connectivity index (χ0) is 24.8. The molecule has 1 heterocycles. The lowest BCUT2D eigenvalue weighted by molar-refractivity contribution is 0.0600. The van der Waals surface area contributed by atoms with Gasteiger partial charge in [0.05, 0.1) is 29.5 Å². The molecule has 35 heavy (non-hydrogen) atoms. The summed E-state index contributed by atoms with van der Waals surface area (Å²) in [6.07, 6.45) is 2.30. The zero-order valence-corrected chi connectivity index (χ0v) is 19.5. The number of carbonyl (C=O) groups excluding carboxylic acids is 2. The first kappa shape index (κ1) is 23.7. The number of benzene rings is 3. The van der Waals surface area contributed by atoms with Gasteiger partial charge in [-0.25, -0.2) is 4.79 Å². The average Bonchev–Trinajstić information content (AvgIpc) is 2.88. The largest absolute Gasteiger partial charge is 0.506 e. The molecule has 0 aliphatic rings. The van der Waals surface area contributed by atoms with Gasteiger partial charge in [0.1, 0.15) is 18.1 Å². The molecule has 0 saturated heterocycles. The molecule has 0 atom stereocenters. The number of ketones is 1. The lowest BCUT2D eigenvalue weighted by Crippen LogP contribution is -2.02. The monoisotopic (exact) mass is 467 g/mol. The molecule has 1 aromatic heterocycles. The third kappa shape index (κ3) is 5.55. The summed E-state index contributed by atoms with van der Waals surface area (Å²) in [6, 6.07) is 24.0. The second-order valence-corrected chi connectivity index (χ2v) is 8.08. The highest BCUT2D eigenvalue weighted by Crippen LogP contribution is 2.39. The summed E-state index contributed by atoms with van der Waals surface area (Å²) < 4.78 is 10.8. The smallest absolute Gasteiger partial charge is 0.337 e. The van der Waals surface area contributed by atoms with Crippen LogP contribution in [-0.4, -0.2) is 29.0 Å². The Morgan fingerprint density at radius 3 is 2.34 bits per heavy atom. The van der Waals surface area contributed by atoms with Crippen LogP contribution in [-0.2, 0) is 17.8 Å². The summed E-state index contributed by atoms with van der Waals surface area (Å²) >= 11 is 0. The number of hydrogen-bond acceptors (Lipinski definition) is 6. The molecular weight excluding hydrogens is 442 g/mol. The molecule has 0 radical (unpaired) electrons. The predicted octanol–water partition coefficient (Wildman–Crippen LogP) is 5.61. The molecule has 4 aromatic rings. The second-order valence-electron chi connectivity index (χ2n) is 8.08. The number of carbonyl (C=O) groups is 2. The van der Waals surface area contributed by atoms with Crippen LogP contribution in [0.5, 0.6) is 11.5 Å². The molecule has 3 aromatic carbocycles. The van der Waals surface area contributed by atoms with E-state index < -0.39 is 0 Å². The maximum atomic E-state index is 11.9. The fourth-order valence-corrected chi connectivity index (χ4v) is 3.81. The van der Waals surface area contributed by atoms with Crippen LogP contribution in [0.2, 0.25) is 0 Å². The molecule has 6 heteroatoms. The summed E-state index contributed by atoms with van der Waals surface area (Å²) in [5.41, 5.74) is 4.70. The van der Waals surface area contributed by atoms with E-state index >= 15 is 0 Å². The minimum atomic E-state index is -0.355. The minimum Gasteiger partial charge on any atom is -0.506 e. The highest BCUT2D eigenvalue weighted by Gasteiger charge is 2.19. The van der Waals surface area contributed by atoms with Gasteiger partial charge in [0.2, 0.25) is 0 Å². The molecule has 0 saturated carbocycles. The van der Waals surface area contributed by atoms with Crippen molar-refractivity contribution in [3.63, 3.8) is 0 Å². The van der Waals surface area contributed by atoms with Crippen LogP contribution in [0.15, 0.2) is 85.1 Å². The quantitative estimate of drug-likeness (QED) is 0.268. The van der Waals surface area contributed by atoms with E-state index in [0.29, 0.717) is 29.0 Å². The van der Waals surface area contributed by atoms with Crippen LogP contribution in [0, 0.1) is 0 Å². The minimum absolute atomic E-state index is 0.141. The Kier molecular flexibility index (Phi) is 7.21. The standard InChI is InChI=1S/C29H25NO5/c1-19(31)24-13-14-26(27(28(24)32)25-8-3-4-15-30-25)35-18-21-11-9-20(10-12-21)16-22-6-5-7-23(17-22)29(33)34-2/h3-15,17,32H,16,18H2,1-2H3. The first-order valence-electron chi connectivity index (χ1n) is 11.1. The van der Waals surface area contributed by atoms with Crippen LogP contribution in [0.3, 0.4) is 0 Å². The SMILES string of the molecule is COC(=O)c1cccc(Cc2ccc(COc3ccc(C(C)=O)c(O)c3-c3ccccn3)cc2)c1. The van der Waals surface area contributed by atoms with Crippen molar-refractivity contribution >= 4 is 11.8 Å². The van der Waals surface area contributed by atoms with Gasteiger partial charge in [-0.2, -0.15) is 0 Å². The van der Waals surface area contributed by atoms with Gasteiger partial charge in [-0.15, -0.1) is 0 Å². The Hall–Kier alpha value is -4.45. The van der Waals surface area contributed by atoms with Crippen molar-refractivity contribution in [2.45, 2.75) is 20.0 Å². The van der Waals surface area contributed by atoms with E-state index in [9.17, 15) is 14.7 Å². The second kappa shape index (κ2) is 10.7. The number of hydrogen-bond donors (Lipinski definition) is 1. The van der Waals surface area contributed by atoms with Crippen LogP contribution in [0.1, 0.15) is 44.3 Å². The van der Waals surface area contributed by atoms with Crippen LogP contribution >= 0.6 is 0 Å². The van der Waals surface area contributed by atoms with Crippen molar-refractivity contribution in [3.05, 3.63) is 113 Å². The number of phenols is 1. The molecule has 176 valence electrons. The van der Waals surface area contributed by atoms with Gasteiger partial charge in [0.15, 0.2) is 5.78 Å². The van der Waals surface area contributed by atoms with E-state index in [1.54, 1.807) is 36.5 Å². The topological polar surface area (TPSA) is 85.7 Å². The van der Waals surface area contributed by atoms with Crippen molar-refractivity contribution in [1.82, 2.24) is 4.98 Å². The van der Waals surface area contributed by atoms with Gasteiger partial charge in [0, 0.05) is 6.20 Å². The number of rotatable bonds is 8. The number of nitrogens with zero attached hydrogens (tertiary/aromatic N) is 1. The molecule has 4 rings (SSSR count). The molecule has 0 bridgehead atoms. The van der Waals surface area contributed by atoms with Gasteiger partial charge in [-0.3, -0.25) is 9.78 Å². The predicted molar refractivity (Wildman–Crippen MR) is 133 cm³/mol. The lowest BCUT2D eigenvalue weighted by Gasteiger charge is -2.15. The van der Waals surface area contributed by atoms with E-state index in [-0.39, 0.29) is 29.7 Å². The Labute approximate surface area is 203 Å². The number of methoxy groups -OCH3 is 1. The molecule has 0 unspecified atom stereocenters. The first-order valence-corrected chi connectivity index (χ1v) is 11.1. The molecule has 0 aliphatic heterocycles. The van der Waals surface area contributed by atoms with Gasteiger partial charge in [-0.1, -0.05) is 42.5 Å². The van der Waals surface area contributed by atoms with Crippen molar-refractivity contribution in [2.75, 3.05) is 7.11 Å². The van der Waals surface area contributed by atoms with Gasteiger partial charge >= 0.3 is 5.97 Å². The number of ether oxygens (including phenoxy) is 2. The molecular formula is C29H25NO5. The number of aromatic hydroxyl groups is 1. The molecule has 6 nitrogen and oxygen atoms in total. The van der Waals surface area contributed by atoms with E-state index in [4.69, 9.17) is 9.47 Å². The van der Waals surface area contributed by atoms with Gasteiger partial charge < -0.3 is 14.6 Å². The number of pyridine rings is 1. The Bertz CT molecular complexity index is 1350. The summed E-state index contributed by atoms with van der Waals surface area (Å²) in [4.78, 5) is 28.0. The van der Waals surface area contributed by atoms with Gasteiger partial charge in [-0.05, 0) is 66.4 Å². The van der Waals surface area contributed by atoms with E-state index in [1.807, 2.05) is 48.5 Å². The molecule has 0 fully saturated rings. The average molecular weight is 468 g/mol. The van der Waals surface area contributed by atoms with Gasteiger partial charge in [0.25, 0.3) is 0 Å². The van der Waals surface area contributed by atoms with Crippen LogP contribution < -0.4 is 4.74 Å². The third-order valence-corrected chi connectivity index (χ3v) is 5.61. The maximum Gasteiger partial charge on any atom is 0.337 e. The van der Waals surface area contributed by atoms with Crippen LogP contribution in [0.25, 0.3) is 11.3 Å². The third-order valence-electron chi connectivity index (χ3n) is 5.61. The fraction of sp³-hybridized carbons (Fsp3) is 0.138. The summed E-state index contributed by atoms with van der Waals surface area (Å²) in [6.45, 7) is 1.68. The van der Waals surface area contributed by atoms with E-state index in [1.165, 1.54) is 14.0 Å². The summed E-state index contributed by atoms with van der Waals surface area (Å²) in [5, 5.41) is 10.8. The van der Waals surface area contributed by atoms with Crippen molar-refractivity contribution in [1.29, 1.82) is 0 Å². The Balaban J connectivity index is 1.50. The molecule has 0 aliphatic carbocycles. The highest BCUT2D eigenvalue weighted by molar-refractivity contribution is 5.99. The fourth-order valence-electron chi connectivity index (χ4n) is 3.81. The number of aromatic nitrogens is 1. The molecule has 1 N–H and O–H groups in total. The van der Waals surface area contributed by atoms with E-state index in [0.717, 1.165) is 16.7 Å². The normalized spacial score (nSPS) is 10.6. The lowest BCUT2D eigenvalue weighted by atomic mass is 10.0. The van der Waals surface area contributed by atoms with E-state index in [2.05, 4.69) is 4.98 Å². The number of phenolic OH excluding ortho intramolecular Hbond substituents is 1. The first-order chi connectivity index (χ1) is 17.0. The molecule has 0 spiro atoms. The van der Waals surface area contributed by atoms with Crippen molar-refractivity contribution in [2.24, 2.45) is 0 Å². The highest BCUT2D eigenvalue weighted by atomic mass is 16.5. The van der Waals surface area contributed by atoms with Crippen LogP contribution in [0.4, 0.5) is 0 Å². The Morgan fingerprint density at radius 1 is 0.886 bits per heavy atom. The van der Waals surface area contributed by atoms with Crippen molar-refractivity contribution in [3.8, 4) is 22.8 Å². The summed E-state index contributed by atoms with van der Waals surface area (Å²) in [5.74, 6) is -0.293. The summed E-state index contributed by atoms with van der Waals surface area (Å²) in [7, 11) is 1.37. The molecule has 0 amide bonds. The van der Waals surface area contributed by atoms with Crippen molar-refractivity contribution < 1.29 is 24.2 Å².